The molecule has 0 bridgehead atoms. The minimum Gasteiger partial charge on any atom is -0.392 e. The molecule has 0 aliphatic carbocycles. The Balaban J connectivity index is 2.51. The maximum absolute atomic E-state index is 6.11. The van der Waals surface area contributed by atoms with Gasteiger partial charge in [-0.1, -0.05) is 68.5 Å². The van der Waals surface area contributed by atoms with Crippen LogP contribution in [-0.2, 0) is 0 Å². The first kappa shape index (κ1) is 15.9. The quantitative estimate of drug-likeness (QED) is 0.774. The number of hydrogen-bond acceptors (Lipinski definition) is 2. The van der Waals surface area contributed by atoms with E-state index >= 15 is 0 Å². The van der Waals surface area contributed by atoms with Crippen LogP contribution in [0.5, 0.6) is 0 Å². The molecule has 0 radical (unpaired) electrons. The zero-order valence-electron chi connectivity index (χ0n) is 12.9. The molecule has 0 saturated heterocycles. The van der Waals surface area contributed by atoms with Gasteiger partial charge in [0, 0.05) is 0 Å². The van der Waals surface area contributed by atoms with E-state index < -0.39 is 0 Å². The van der Waals surface area contributed by atoms with Gasteiger partial charge in [0.05, 0.1) is 11.0 Å². The predicted octanol–water partition coefficient (Wildman–Crippen LogP) is 4.29. The Kier molecular flexibility index (Phi) is 5.71. The van der Waals surface area contributed by atoms with Gasteiger partial charge in [-0.3, -0.25) is 4.90 Å². The number of rotatable bonds is 7. The van der Waals surface area contributed by atoms with Crippen LogP contribution >= 0.6 is 12.2 Å². The Hall–Kier alpha value is -1.45. The molecule has 2 nitrogen and oxygen atoms in total. The number of thiocarbonyl (C=S) groups is 1. The average molecular weight is 300 g/mol. The van der Waals surface area contributed by atoms with Crippen molar-refractivity contribution in [3.05, 3.63) is 48.0 Å². The number of benzene rings is 2. The zero-order valence-corrected chi connectivity index (χ0v) is 13.7. The molecule has 2 N–H and O–H groups in total. The molecule has 112 valence electrons. The summed E-state index contributed by atoms with van der Waals surface area (Å²) in [6.07, 6.45) is 2.20. The fraction of sp³-hybridized carbons (Fsp3) is 0.389. The van der Waals surface area contributed by atoms with E-state index in [9.17, 15) is 0 Å². The first-order chi connectivity index (χ1) is 10.2. The number of fused-ring (bicyclic) bond motifs is 1. The van der Waals surface area contributed by atoms with Crippen molar-refractivity contribution in [1.29, 1.82) is 0 Å². The van der Waals surface area contributed by atoms with Crippen LogP contribution in [0.15, 0.2) is 42.5 Å². The molecule has 2 aromatic rings. The highest BCUT2D eigenvalue weighted by molar-refractivity contribution is 7.80. The van der Waals surface area contributed by atoms with Gasteiger partial charge in [-0.25, -0.2) is 0 Å². The van der Waals surface area contributed by atoms with Gasteiger partial charge >= 0.3 is 0 Å². The summed E-state index contributed by atoms with van der Waals surface area (Å²) >= 11 is 5.40. The van der Waals surface area contributed by atoms with Gasteiger partial charge in [-0.05, 0) is 42.3 Å². The highest BCUT2D eigenvalue weighted by Crippen LogP contribution is 2.29. The summed E-state index contributed by atoms with van der Waals surface area (Å²) in [7, 11) is 0. The largest absolute Gasteiger partial charge is 0.392 e. The van der Waals surface area contributed by atoms with Crippen LogP contribution in [0.1, 0.15) is 38.3 Å². The van der Waals surface area contributed by atoms with Crippen LogP contribution in [-0.4, -0.2) is 23.0 Å². The monoisotopic (exact) mass is 300 g/mol. The molecule has 21 heavy (non-hydrogen) atoms. The minimum absolute atomic E-state index is 0.0194. The van der Waals surface area contributed by atoms with Crippen molar-refractivity contribution in [2.24, 2.45) is 5.73 Å². The fourth-order valence-corrected chi connectivity index (χ4v) is 3.24. The van der Waals surface area contributed by atoms with Gasteiger partial charge in [0.25, 0.3) is 0 Å². The van der Waals surface area contributed by atoms with Crippen molar-refractivity contribution in [2.75, 3.05) is 13.1 Å². The molecule has 0 aliphatic rings. The van der Waals surface area contributed by atoms with Crippen molar-refractivity contribution in [2.45, 2.75) is 32.7 Å². The Morgan fingerprint density at radius 3 is 2.29 bits per heavy atom. The third kappa shape index (κ3) is 3.60. The van der Waals surface area contributed by atoms with Gasteiger partial charge < -0.3 is 5.73 Å². The summed E-state index contributed by atoms with van der Waals surface area (Å²) in [6, 6.07) is 14.9. The van der Waals surface area contributed by atoms with Crippen molar-refractivity contribution < 1.29 is 0 Å². The summed E-state index contributed by atoms with van der Waals surface area (Å²) in [5.41, 5.74) is 7.34. The number of nitrogens with two attached hydrogens (primary N) is 1. The van der Waals surface area contributed by atoms with Crippen molar-refractivity contribution >= 4 is 28.0 Å². The lowest BCUT2D eigenvalue weighted by Gasteiger charge is -2.31. The second kappa shape index (κ2) is 7.53. The lowest BCUT2D eigenvalue weighted by atomic mass is 9.97. The van der Waals surface area contributed by atoms with E-state index in [1.165, 1.54) is 16.3 Å². The van der Waals surface area contributed by atoms with Crippen LogP contribution in [0.2, 0.25) is 0 Å². The van der Waals surface area contributed by atoms with Gasteiger partial charge in [0.1, 0.15) is 0 Å². The Labute approximate surface area is 132 Å². The number of hydrogen-bond donors (Lipinski definition) is 1. The van der Waals surface area contributed by atoms with Gasteiger partial charge in [-0.15, -0.1) is 0 Å². The Morgan fingerprint density at radius 2 is 1.67 bits per heavy atom. The molecular formula is C18H24N2S. The zero-order chi connectivity index (χ0) is 15.2. The van der Waals surface area contributed by atoms with E-state index in [-0.39, 0.29) is 6.04 Å². The third-order valence-corrected chi connectivity index (χ3v) is 4.00. The second-order valence-corrected chi connectivity index (χ2v) is 5.88. The van der Waals surface area contributed by atoms with Crippen LogP contribution in [0.25, 0.3) is 10.8 Å². The normalized spacial score (nSPS) is 12.7. The first-order valence-corrected chi connectivity index (χ1v) is 8.10. The van der Waals surface area contributed by atoms with E-state index in [2.05, 4.69) is 61.2 Å². The summed E-state index contributed by atoms with van der Waals surface area (Å²) in [5, 5.41) is 2.49. The first-order valence-electron chi connectivity index (χ1n) is 7.70. The molecule has 0 amide bonds. The second-order valence-electron chi connectivity index (χ2n) is 5.41. The Bertz CT molecular complexity index is 598. The highest BCUT2D eigenvalue weighted by Gasteiger charge is 2.23. The molecule has 2 rings (SSSR count). The van der Waals surface area contributed by atoms with E-state index in [4.69, 9.17) is 18.0 Å². The molecule has 1 unspecified atom stereocenters. The van der Waals surface area contributed by atoms with E-state index in [1.807, 2.05) is 0 Å². The van der Waals surface area contributed by atoms with Gasteiger partial charge in [-0.2, -0.15) is 0 Å². The standard InChI is InChI=1S/C18H24N2S/c1-3-12-20(13-4-2)17(18(19)21)16-11-7-9-14-8-5-6-10-15(14)16/h5-11,17H,3-4,12-13H2,1-2H3,(H2,19,21). The lowest BCUT2D eigenvalue weighted by molar-refractivity contribution is 0.246. The van der Waals surface area contributed by atoms with E-state index in [0.29, 0.717) is 4.99 Å². The predicted molar refractivity (Wildman–Crippen MR) is 95.6 cm³/mol. The molecule has 0 aliphatic heterocycles. The van der Waals surface area contributed by atoms with Gasteiger partial charge in [0.2, 0.25) is 0 Å². The molecule has 0 heterocycles. The van der Waals surface area contributed by atoms with Crippen LogP contribution < -0.4 is 5.73 Å². The average Bonchev–Trinajstić information content (AvgIpc) is 2.48. The van der Waals surface area contributed by atoms with Crippen molar-refractivity contribution in [1.82, 2.24) is 4.90 Å². The molecule has 0 saturated carbocycles. The number of nitrogens with zero attached hydrogens (tertiary/aromatic N) is 1. The molecule has 3 heteroatoms. The molecule has 1 atom stereocenters. The van der Waals surface area contributed by atoms with Crippen molar-refractivity contribution in [3.63, 3.8) is 0 Å². The molecule has 0 spiro atoms. The van der Waals surface area contributed by atoms with Gasteiger partial charge in [0.15, 0.2) is 0 Å². The topological polar surface area (TPSA) is 29.3 Å². The maximum Gasteiger partial charge on any atom is 0.0948 e. The Morgan fingerprint density at radius 1 is 1.05 bits per heavy atom. The lowest BCUT2D eigenvalue weighted by Crippen LogP contribution is -2.38. The summed E-state index contributed by atoms with van der Waals surface area (Å²) in [6.45, 7) is 6.42. The van der Waals surface area contributed by atoms with E-state index in [1.54, 1.807) is 0 Å². The smallest absolute Gasteiger partial charge is 0.0948 e. The SMILES string of the molecule is CCCN(CCC)C(C(N)=S)c1cccc2ccccc12. The van der Waals surface area contributed by atoms with Crippen LogP contribution in [0.4, 0.5) is 0 Å². The summed E-state index contributed by atoms with van der Waals surface area (Å²) in [4.78, 5) is 2.97. The van der Waals surface area contributed by atoms with E-state index in [0.717, 1.165) is 25.9 Å². The fourth-order valence-electron chi connectivity index (χ4n) is 2.96. The highest BCUT2D eigenvalue weighted by atomic mass is 32.1. The summed E-state index contributed by atoms with van der Waals surface area (Å²) in [5.74, 6) is 0. The van der Waals surface area contributed by atoms with Crippen LogP contribution in [0, 0.1) is 0 Å². The summed E-state index contributed by atoms with van der Waals surface area (Å²) < 4.78 is 0. The molecule has 2 aromatic carbocycles. The van der Waals surface area contributed by atoms with Crippen LogP contribution in [0.3, 0.4) is 0 Å². The molecule has 0 aromatic heterocycles. The molecular weight excluding hydrogens is 276 g/mol. The van der Waals surface area contributed by atoms with Crippen molar-refractivity contribution in [3.8, 4) is 0 Å². The maximum atomic E-state index is 6.11. The third-order valence-electron chi connectivity index (χ3n) is 3.77. The molecule has 0 fully saturated rings. The minimum atomic E-state index is 0.0194.